The largest absolute Gasteiger partial charge is 0.385 e. The van der Waals surface area contributed by atoms with Crippen LogP contribution in [0, 0.1) is 0 Å². The number of hydrogen-bond acceptors (Lipinski definition) is 4. The van der Waals surface area contributed by atoms with E-state index >= 15 is 0 Å². The van der Waals surface area contributed by atoms with E-state index in [0.29, 0.717) is 6.04 Å². The molecule has 1 saturated heterocycles. The Morgan fingerprint density at radius 2 is 1.53 bits per heavy atom. The van der Waals surface area contributed by atoms with Crippen LogP contribution in [0.5, 0.6) is 0 Å². The average Bonchev–Trinajstić information content (AvgIpc) is 3.39. The molecule has 1 saturated carbocycles. The van der Waals surface area contributed by atoms with Gasteiger partial charge in [0.15, 0.2) is 0 Å². The summed E-state index contributed by atoms with van der Waals surface area (Å²) in [6.45, 7) is 5.87. The summed E-state index contributed by atoms with van der Waals surface area (Å²) in [7, 11) is 2.24. The van der Waals surface area contributed by atoms with Gasteiger partial charge in [-0.05, 0) is 69.3 Å². The number of anilines is 1. The SMILES string of the molecule is CN1CCN(C2CCC(n3ccc(-c4ccc(NCCCc5ccccc5)cc4)n3)CC2)CC1. The van der Waals surface area contributed by atoms with Crippen LogP contribution in [0.4, 0.5) is 5.69 Å². The van der Waals surface area contributed by atoms with Gasteiger partial charge in [0, 0.05) is 56.2 Å². The van der Waals surface area contributed by atoms with Crippen LogP contribution in [0.15, 0.2) is 66.9 Å². The number of nitrogens with zero attached hydrogens (tertiary/aromatic N) is 4. The van der Waals surface area contributed by atoms with Crippen molar-refractivity contribution in [3.05, 3.63) is 72.4 Å². The van der Waals surface area contributed by atoms with Crippen molar-refractivity contribution in [2.45, 2.75) is 50.6 Å². The van der Waals surface area contributed by atoms with Gasteiger partial charge < -0.3 is 10.2 Å². The Labute approximate surface area is 204 Å². The topological polar surface area (TPSA) is 36.3 Å². The first-order valence-electron chi connectivity index (χ1n) is 13.1. The second-order valence-corrected chi connectivity index (χ2v) is 10.1. The molecule has 0 unspecified atom stereocenters. The monoisotopic (exact) mass is 457 g/mol. The zero-order chi connectivity index (χ0) is 23.2. The van der Waals surface area contributed by atoms with Gasteiger partial charge in [-0.3, -0.25) is 9.58 Å². The van der Waals surface area contributed by atoms with Gasteiger partial charge in [-0.15, -0.1) is 0 Å². The molecular weight excluding hydrogens is 418 g/mol. The molecule has 0 spiro atoms. The van der Waals surface area contributed by atoms with Gasteiger partial charge in [0.25, 0.3) is 0 Å². The van der Waals surface area contributed by atoms with Crippen LogP contribution >= 0.6 is 0 Å². The van der Waals surface area contributed by atoms with Gasteiger partial charge in [-0.2, -0.15) is 5.10 Å². The van der Waals surface area contributed by atoms with Crippen molar-refractivity contribution >= 4 is 5.69 Å². The highest BCUT2D eigenvalue weighted by Gasteiger charge is 2.28. The average molecular weight is 458 g/mol. The molecule has 2 aromatic carbocycles. The van der Waals surface area contributed by atoms with Gasteiger partial charge in [0.05, 0.1) is 11.7 Å². The molecule has 1 aromatic heterocycles. The van der Waals surface area contributed by atoms with E-state index < -0.39 is 0 Å². The Hall–Kier alpha value is -2.63. The summed E-state index contributed by atoms with van der Waals surface area (Å²) in [5.41, 5.74) is 4.86. The fourth-order valence-electron chi connectivity index (χ4n) is 5.50. The van der Waals surface area contributed by atoms with E-state index in [-0.39, 0.29) is 0 Å². The van der Waals surface area contributed by atoms with Crippen molar-refractivity contribution in [2.24, 2.45) is 0 Å². The van der Waals surface area contributed by atoms with Gasteiger partial charge in [0.2, 0.25) is 0 Å². The van der Waals surface area contributed by atoms with Crippen LogP contribution in [0.1, 0.15) is 43.7 Å². The number of aromatic nitrogens is 2. The first kappa shape index (κ1) is 23.1. The summed E-state index contributed by atoms with van der Waals surface area (Å²) in [6, 6.07) is 22.9. The van der Waals surface area contributed by atoms with Crippen molar-refractivity contribution < 1.29 is 0 Å². The zero-order valence-corrected chi connectivity index (χ0v) is 20.6. The second-order valence-electron chi connectivity index (χ2n) is 10.1. The second kappa shape index (κ2) is 11.2. The maximum absolute atomic E-state index is 4.97. The number of hydrogen-bond donors (Lipinski definition) is 1. The van der Waals surface area contributed by atoms with Crippen molar-refractivity contribution in [3.8, 4) is 11.3 Å². The molecule has 0 atom stereocenters. The number of piperazine rings is 1. The summed E-state index contributed by atoms with van der Waals surface area (Å²) < 4.78 is 2.23. The zero-order valence-electron chi connectivity index (χ0n) is 20.6. The summed E-state index contributed by atoms with van der Waals surface area (Å²) in [4.78, 5) is 5.17. The van der Waals surface area contributed by atoms with Gasteiger partial charge in [0.1, 0.15) is 0 Å². The van der Waals surface area contributed by atoms with Crippen LogP contribution < -0.4 is 5.32 Å². The Kier molecular flexibility index (Phi) is 7.62. The molecule has 0 radical (unpaired) electrons. The van der Waals surface area contributed by atoms with E-state index in [9.17, 15) is 0 Å². The molecule has 5 nitrogen and oxygen atoms in total. The quantitative estimate of drug-likeness (QED) is 0.464. The highest BCUT2D eigenvalue weighted by atomic mass is 15.3. The maximum atomic E-state index is 4.97. The molecule has 34 heavy (non-hydrogen) atoms. The highest BCUT2D eigenvalue weighted by Crippen LogP contribution is 2.32. The lowest BCUT2D eigenvalue weighted by atomic mass is 9.90. The fraction of sp³-hybridized carbons (Fsp3) is 0.483. The van der Waals surface area contributed by atoms with E-state index in [4.69, 9.17) is 5.10 Å². The third kappa shape index (κ3) is 5.89. The van der Waals surface area contributed by atoms with Crippen LogP contribution in [0.3, 0.4) is 0 Å². The Morgan fingerprint density at radius 3 is 2.26 bits per heavy atom. The number of nitrogens with one attached hydrogen (secondary N) is 1. The van der Waals surface area contributed by atoms with Crippen molar-refractivity contribution in [1.29, 1.82) is 0 Å². The predicted molar refractivity (Wildman–Crippen MR) is 141 cm³/mol. The smallest absolute Gasteiger partial charge is 0.0923 e. The lowest BCUT2D eigenvalue weighted by molar-refractivity contribution is 0.0811. The first-order chi connectivity index (χ1) is 16.7. The number of likely N-dealkylation sites (N-methyl/N-ethyl adjacent to an activating group) is 1. The highest BCUT2D eigenvalue weighted by molar-refractivity contribution is 5.62. The molecule has 0 bridgehead atoms. The van der Waals surface area contributed by atoms with Crippen LogP contribution in [0.2, 0.25) is 0 Å². The minimum atomic E-state index is 0.544. The minimum Gasteiger partial charge on any atom is -0.385 e. The predicted octanol–water partition coefficient (Wildman–Crippen LogP) is 5.33. The molecule has 2 aliphatic rings. The number of rotatable bonds is 8. The summed E-state index contributed by atoms with van der Waals surface area (Å²) in [6.07, 6.45) is 9.51. The van der Waals surface area contributed by atoms with Gasteiger partial charge >= 0.3 is 0 Å². The lowest BCUT2D eigenvalue weighted by Gasteiger charge is -2.41. The summed E-state index contributed by atoms with van der Waals surface area (Å²) >= 11 is 0. The van der Waals surface area contributed by atoms with Crippen LogP contribution in [0.25, 0.3) is 11.3 Å². The standard InChI is InChI=1S/C29H39N5/c1-32-20-22-33(23-21-32)27-13-15-28(16-14-27)34-19-17-29(31-34)25-9-11-26(12-10-25)30-18-5-8-24-6-3-2-4-7-24/h2-4,6-7,9-12,17,19,27-28,30H,5,8,13-16,18,20-23H2,1H3. The van der Waals surface area contributed by atoms with Gasteiger partial charge in [-0.1, -0.05) is 42.5 Å². The lowest BCUT2D eigenvalue weighted by Crippen LogP contribution is -2.49. The Balaban J connectivity index is 1.09. The molecular formula is C29H39N5. The molecule has 5 heteroatoms. The van der Waals surface area contributed by atoms with E-state index in [1.54, 1.807) is 0 Å². The Morgan fingerprint density at radius 1 is 0.824 bits per heavy atom. The molecule has 0 amide bonds. The van der Waals surface area contributed by atoms with E-state index in [0.717, 1.165) is 31.1 Å². The molecule has 3 aromatic rings. The first-order valence-corrected chi connectivity index (χ1v) is 13.1. The molecule has 2 heterocycles. The van der Waals surface area contributed by atoms with E-state index in [2.05, 4.69) is 93.7 Å². The van der Waals surface area contributed by atoms with E-state index in [1.165, 1.54) is 68.7 Å². The normalized spacial score (nSPS) is 22.0. The summed E-state index contributed by atoms with van der Waals surface area (Å²) in [5, 5.41) is 8.52. The Bertz CT molecular complexity index is 997. The number of aryl methyl sites for hydroxylation is 1. The molecule has 2 fully saturated rings. The molecule has 1 aliphatic carbocycles. The van der Waals surface area contributed by atoms with Crippen molar-refractivity contribution in [3.63, 3.8) is 0 Å². The fourth-order valence-corrected chi connectivity index (χ4v) is 5.50. The minimum absolute atomic E-state index is 0.544. The summed E-state index contributed by atoms with van der Waals surface area (Å²) in [5.74, 6) is 0. The molecule has 180 valence electrons. The van der Waals surface area contributed by atoms with Crippen molar-refractivity contribution in [2.75, 3.05) is 45.1 Å². The van der Waals surface area contributed by atoms with E-state index in [1.807, 2.05) is 0 Å². The molecule has 5 rings (SSSR count). The van der Waals surface area contributed by atoms with Gasteiger partial charge in [-0.25, -0.2) is 0 Å². The molecule has 1 N–H and O–H groups in total. The van der Waals surface area contributed by atoms with Crippen LogP contribution in [-0.2, 0) is 6.42 Å². The van der Waals surface area contributed by atoms with Crippen LogP contribution in [-0.4, -0.2) is 65.4 Å². The number of benzene rings is 2. The third-order valence-electron chi connectivity index (χ3n) is 7.70. The van der Waals surface area contributed by atoms with Crippen molar-refractivity contribution in [1.82, 2.24) is 19.6 Å². The third-order valence-corrected chi connectivity index (χ3v) is 7.70. The molecule has 1 aliphatic heterocycles. The maximum Gasteiger partial charge on any atom is 0.0923 e.